The van der Waals surface area contributed by atoms with E-state index in [0.717, 1.165) is 6.42 Å². The smallest absolute Gasteiger partial charge is 0.0479 e. The molecular weight excluding hydrogens is 316 g/mol. The van der Waals surface area contributed by atoms with Gasteiger partial charge in [0.25, 0.3) is 0 Å². The highest BCUT2D eigenvalue weighted by atomic mass is 35.5. The second-order valence-corrected chi connectivity index (χ2v) is 8.44. The van der Waals surface area contributed by atoms with E-state index < -0.39 is 0 Å². The summed E-state index contributed by atoms with van der Waals surface area (Å²) < 4.78 is 0. The van der Waals surface area contributed by atoms with Crippen molar-refractivity contribution in [2.24, 2.45) is 5.41 Å². The van der Waals surface area contributed by atoms with Gasteiger partial charge in [0.05, 0.1) is 0 Å². The Kier molecular flexibility index (Phi) is 3.33. The molecule has 2 nitrogen and oxygen atoms in total. The molecule has 3 heteroatoms. The van der Waals surface area contributed by atoms with Crippen LogP contribution in [0.4, 0.5) is 0 Å². The van der Waals surface area contributed by atoms with Gasteiger partial charge in [-0.1, -0.05) is 44.6 Å². The number of hydrogen-bond acceptors (Lipinski definition) is 1. The summed E-state index contributed by atoms with van der Waals surface area (Å²) in [6.45, 7) is 11.0. The highest BCUT2D eigenvalue weighted by Gasteiger charge is 2.50. The first-order valence-corrected chi connectivity index (χ1v) is 9.09. The zero-order chi connectivity index (χ0) is 17.3. The third kappa shape index (κ3) is 1.76. The molecule has 24 heavy (non-hydrogen) atoms. The second-order valence-electron chi connectivity index (χ2n) is 7.91. The van der Waals surface area contributed by atoms with Crippen molar-refractivity contribution >= 4 is 28.1 Å². The van der Waals surface area contributed by atoms with Crippen LogP contribution in [0.1, 0.15) is 38.3 Å². The Morgan fingerprint density at radius 2 is 2.08 bits per heavy atom. The molecule has 0 fully saturated rings. The molecule has 1 aromatic carbocycles. The lowest BCUT2D eigenvalue weighted by atomic mass is 9.58. The minimum absolute atomic E-state index is 0.0191. The molecule has 0 saturated heterocycles. The third-order valence-electron chi connectivity index (χ3n) is 6.45. The monoisotopic (exact) mass is 340 g/mol. The number of halogens is 1. The van der Waals surface area contributed by atoms with Gasteiger partial charge < -0.3 is 10.3 Å². The molecule has 3 atom stereocenters. The standard InChI is InChI=1S/C21H25ClN2/c1-6-21(4)16(22)10-14-18(19(21)23-5)12-11-24-15-9-7-8-13(17(12)15)20(14,2)3/h6-9,11,16,19,23-24H,1,10H2,2-5H3. The van der Waals surface area contributed by atoms with Crippen molar-refractivity contribution in [1.82, 2.24) is 10.3 Å². The first kappa shape index (κ1) is 16.0. The predicted octanol–water partition coefficient (Wildman–Crippen LogP) is 5.00. The SMILES string of the molecule is C=CC1(C)C(Cl)CC2=C(c3c[nH]c4cccc(c34)C2(C)C)C1NC. The van der Waals surface area contributed by atoms with Crippen molar-refractivity contribution in [3.63, 3.8) is 0 Å². The van der Waals surface area contributed by atoms with Crippen LogP contribution in [-0.2, 0) is 5.41 Å². The average Bonchev–Trinajstić information content (AvgIpc) is 2.99. The lowest BCUT2D eigenvalue weighted by Crippen LogP contribution is -2.52. The van der Waals surface area contributed by atoms with Crippen molar-refractivity contribution in [2.75, 3.05) is 7.05 Å². The number of benzene rings is 1. The van der Waals surface area contributed by atoms with E-state index in [4.69, 9.17) is 11.6 Å². The van der Waals surface area contributed by atoms with Crippen LogP contribution in [-0.4, -0.2) is 23.5 Å². The fourth-order valence-corrected chi connectivity index (χ4v) is 5.24. The van der Waals surface area contributed by atoms with Gasteiger partial charge in [0.1, 0.15) is 0 Å². The summed E-state index contributed by atoms with van der Waals surface area (Å²) in [5, 5.41) is 4.94. The van der Waals surface area contributed by atoms with E-state index in [1.54, 1.807) is 0 Å². The van der Waals surface area contributed by atoms with Gasteiger partial charge in [-0.2, -0.15) is 0 Å². The average molecular weight is 341 g/mol. The molecule has 4 rings (SSSR count). The van der Waals surface area contributed by atoms with Gasteiger partial charge in [-0.15, -0.1) is 18.2 Å². The Morgan fingerprint density at radius 1 is 1.33 bits per heavy atom. The molecular formula is C21H25ClN2. The van der Waals surface area contributed by atoms with E-state index in [-0.39, 0.29) is 22.2 Å². The summed E-state index contributed by atoms with van der Waals surface area (Å²) in [6.07, 6.45) is 5.10. The van der Waals surface area contributed by atoms with Crippen molar-refractivity contribution in [3.8, 4) is 0 Å². The third-order valence-corrected chi connectivity index (χ3v) is 7.07. The van der Waals surface area contributed by atoms with Crippen LogP contribution in [0.15, 0.2) is 42.6 Å². The van der Waals surface area contributed by atoms with Crippen molar-refractivity contribution < 1.29 is 0 Å². The highest BCUT2D eigenvalue weighted by molar-refractivity contribution is 6.22. The molecule has 0 radical (unpaired) electrons. The molecule has 0 saturated carbocycles. The largest absolute Gasteiger partial charge is 0.361 e. The first-order valence-electron chi connectivity index (χ1n) is 8.65. The number of aromatic nitrogens is 1. The van der Waals surface area contributed by atoms with Gasteiger partial charge in [0.15, 0.2) is 0 Å². The maximum Gasteiger partial charge on any atom is 0.0479 e. The second kappa shape index (κ2) is 5.00. The Hall–Kier alpha value is -1.51. The summed E-state index contributed by atoms with van der Waals surface area (Å²) in [7, 11) is 2.03. The number of rotatable bonds is 2. The van der Waals surface area contributed by atoms with Gasteiger partial charge in [-0.05, 0) is 30.7 Å². The number of allylic oxidation sites excluding steroid dienone is 1. The zero-order valence-electron chi connectivity index (χ0n) is 14.8. The number of nitrogens with one attached hydrogen (secondary N) is 2. The molecule has 2 N–H and O–H groups in total. The van der Waals surface area contributed by atoms with Crippen LogP contribution in [0.5, 0.6) is 0 Å². The molecule has 0 aliphatic heterocycles. The Labute approximate surface area is 149 Å². The van der Waals surface area contributed by atoms with Crippen molar-refractivity contribution in [1.29, 1.82) is 0 Å². The van der Waals surface area contributed by atoms with Gasteiger partial charge in [-0.3, -0.25) is 0 Å². The van der Waals surface area contributed by atoms with Crippen molar-refractivity contribution in [3.05, 3.63) is 53.8 Å². The van der Waals surface area contributed by atoms with Gasteiger partial charge in [0.2, 0.25) is 0 Å². The maximum atomic E-state index is 6.90. The zero-order valence-corrected chi connectivity index (χ0v) is 15.6. The summed E-state index contributed by atoms with van der Waals surface area (Å²) in [4.78, 5) is 3.47. The lowest BCUT2D eigenvalue weighted by Gasteiger charge is -2.50. The van der Waals surface area contributed by atoms with Gasteiger partial charge >= 0.3 is 0 Å². The minimum Gasteiger partial charge on any atom is -0.361 e. The fraction of sp³-hybridized carbons (Fsp3) is 0.429. The number of aromatic amines is 1. The first-order chi connectivity index (χ1) is 11.4. The fourth-order valence-electron chi connectivity index (χ4n) is 4.87. The van der Waals surface area contributed by atoms with E-state index in [1.807, 2.05) is 13.1 Å². The van der Waals surface area contributed by atoms with E-state index in [0.29, 0.717) is 0 Å². The molecule has 1 aromatic heterocycles. The summed E-state index contributed by atoms with van der Waals surface area (Å²) in [5.41, 5.74) is 6.61. The molecule has 2 aromatic rings. The number of likely N-dealkylation sites (N-methyl/N-ethyl adjacent to an activating group) is 1. The number of hydrogen-bond donors (Lipinski definition) is 2. The van der Waals surface area contributed by atoms with E-state index in [9.17, 15) is 0 Å². The van der Waals surface area contributed by atoms with Crippen LogP contribution in [0.25, 0.3) is 16.5 Å². The summed E-state index contributed by atoms with van der Waals surface area (Å²) in [5.74, 6) is 0. The van der Waals surface area contributed by atoms with Crippen LogP contribution in [0.3, 0.4) is 0 Å². The van der Waals surface area contributed by atoms with Crippen LogP contribution < -0.4 is 5.32 Å². The molecule has 126 valence electrons. The molecule has 0 bridgehead atoms. The maximum absolute atomic E-state index is 6.90. The molecule has 2 aliphatic carbocycles. The Morgan fingerprint density at radius 3 is 2.75 bits per heavy atom. The molecule has 3 unspecified atom stereocenters. The van der Waals surface area contributed by atoms with Crippen molar-refractivity contribution in [2.45, 2.75) is 44.0 Å². The molecule has 0 spiro atoms. The lowest BCUT2D eigenvalue weighted by molar-refractivity contribution is 0.307. The predicted molar refractivity (Wildman–Crippen MR) is 104 cm³/mol. The number of H-pyrrole nitrogens is 1. The Bertz CT molecular complexity index is 873. The van der Waals surface area contributed by atoms with Crippen LogP contribution in [0.2, 0.25) is 0 Å². The molecule has 1 heterocycles. The number of fused-ring (bicyclic) bond motifs is 1. The van der Waals surface area contributed by atoms with Crippen LogP contribution in [0, 0.1) is 5.41 Å². The summed E-state index contributed by atoms with van der Waals surface area (Å²) >= 11 is 6.90. The normalized spacial score (nSPS) is 31.2. The highest BCUT2D eigenvalue weighted by Crippen LogP contribution is 2.56. The van der Waals surface area contributed by atoms with Gasteiger partial charge in [-0.25, -0.2) is 0 Å². The van der Waals surface area contributed by atoms with E-state index in [1.165, 1.54) is 33.2 Å². The topological polar surface area (TPSA) is 27.8 Å². The summed E-state index contributed by atoms with van der Waals surface area (Å²) in [6, 6.07) is 6.74. The van der Waals surface area contributed by atoms with E-state index >= 15 is 0 Å². The molecule has 0 amide bonds. The molecule has 2 aliphatic rings. The van der Waals surface area contributed by atoms with Crippen LogP contribution >= 0.6 is 11.6 Å². The quantitative estimate of drug-likeness (QED) is 0.584. The minimum atomic E-state index is -0.179. The van der Waals surface area contributed by atoms with E-state index in [2.05, 4.69) is 62.0 Å². The Balaban J connectivity index is 2.09. The number of alkyl halides is 1. The van der Waals surface area contributed by atoms with Gasteiger partial charge in [0, 0.05) is 44.9 Å².